The summed E-state index contributed by atoms with van der Waals surface area (Å²) in [7, 11) is 2.18. The summed E-state index contributed by atoms with van der Waals surface area (Å²) >= 11 is 0. The van der Waals surface area contributed by atoms with Crippen LogP contribution in [0.15, 0.2) is 0 Å². The third-order valence-electron chi connectivity index (χ3n) is 5.22. The number of nitrogens with one attached hydrogen (secondary N) is 1. The Morgan fingerprint density at radius 1 is 1.00 bits per heavy atom. The first-order valence-corrected chi connectivity index (χ1v) is 7.86. The van der Waals surface area contributed by atoms with Crippen LogP contribution in [-0.4, -0.2) is 13.1 Å². The van der Waals surface area contributed by atoms with Gasteiger partial charge in [0, 0.05) is 6.04 Å². The van der Waals surface area contributed by atoms with Gasteiger partial charge in [-0.2, -0.15) is 0 Å². The quantitative estimate of drug-likeness (QED) is 0.771. The van der Waals surface area contributed by atoms with Crippen LogP contribution in [-0.2, 0) is 0 Å². The molecule has 0 aromatic rings. The fourth-order valence-electron chi connectivity index (χ4n) is 4.49. The van der Waals surface area contributed by atoms with Gasteiger partial charge in [-0.3, -0.25) is 0 Å². The van der Waals surface area contributed by atoms with E-state index in [1.54, 1.807) is 0 Å². The van der Waals surface area contributed by atoms with E-state index in [1.165, 1.54) is 51.4 Å². The predicted octanol–water partition coefficient (Wildman–Crippen LogP) is 4.23. The molecule has 3 unspecified atom stereocenters. The highest BCUT2D eigenvalue weighted by atomic mass is 14.9. The van der Waals surface area contributed by atoms with Crippen molar-refractivity contribution in [2.75, 3.05) is 7.05 Å². The summed E-state index contributed by atoms with van der Waals surface area (Å²) in [6.45, 7) is 4.90. The molecule has 100 valence electrons. The van der Waals surface area contributed by atoms with Crippen LogP contribution in [0.3, 0.4) is 0 Å². The van der Waals surface area contributed by atoms with Crippen LogP contribution >= 0.6 is 0 Å². The summed E-state index contributed by atoms with van der Waals surface area (Å²) in [4.78, 5) is 0. The Balaban J connectivity index is 1.87. The second kappa shape index (κ2) is 6.22. The first kappa shape index (κ1) is 13.4. The molecule has 2 rings (SSSR count). The van der Waals surface area contributed by atoms with Crippen molar-refractivity contribution in [3.8, 4) is 0 Å². The molecule has 1 nitrogen and oxygen atoms in total. The van der Waals surface area contributed by atoms with E-state index in [4.69, 9.17) is 0 Å². The molecular weight excluding hydrogens is 206 g/mol. The van der Waals surface area contributed by atoms with Gasteiger partial charge in [0.15, 0.2) is 0 Å². The van der Waals surface area contributed by atoms with Crippen molar-refractivity contribution in [3.63, 3.8) is 0 Å². The van der Waals surface area contributed by atoms with Gasteiger partial charge in [0.2, 0.25) is 0 Å². The Kier molecular flexibility index (Phi) is 4.90. The molecule has 0 aliphatic heterocycles. The minimum absolute atomic E-state index is 0.795. The zero-order chi connectivity index (χ0) is 12.3. The van der Waals surface area contributed by atoms with Gasteiger partial charge in [-0.15, -0.1) is 0 Å². The SMILES string of the molecule is CNC(CC1CCCC1)C1CC(C)CC(C)C1. The summed E-state index contributed by atoms with van der Waals surface area (Å²) in [5, 5.41) is 3.64. The van der Waals surface area contributed by atoms with Gasteiger partial charge in [0.25, 0.3) is 0 Å². The molecule has 0 radical (unpaired) electrons. The van der Waals surface area contributed by atoms with Gasteiger partial charge in [0.05, 0.1) is 0 Å². The summed E-state index contributed by atoms with van der Waals surface area (Å²) < 4.78 is 0. The Morgan fingerprint density at radius 2 is 1.59 bits per heavy atom. The molecule has 0 saturated heterocycles. The molecule has 0 aromatic carbocycles. The van der Waals surface area contributed by atoms with E-state index in [-0.39, 0.29) is 0 Å². The van der Waals surface area contributed by atoms with Crippen LogP contribution in [0.25, 0.3) is 0 Å². The Morgan fingerprint density at radius 3 is 2.12 bits per heavy atom. The first-order valence-electron chi connectivity index (χ1n) is 7.86. The lowest BCUT2D eigenvalue weighted by Gasteiger charge is -2.37. The lowest BCUT2D eigenvalue weighted by molar-refractivity contribution is 0.165. The minimum atomic E-state index is 0.795. The van der Waals surface area contributed by atoms with Gasteiger partial charge < -0.3 is 5.32 Å². The molecule has 2 saturated carbocycles. The first-order chi connectivity index (χ1) is 8.19. The van der Waals surface area contributed by atoms with Crippen molar-refractivity contribution in [1.29, 1.82) is 0 Å². The van der Waals surface area contributed by atoms with Crippen molar-refractivity contribution >= 4 is 0 Å². The highest BCUT2D eigenvalue weighted by Gasteiger charge is 2.31. The van der Waals surface area contributed by atoms with Crippen molar-refractivity contribution in [2.45, 2.75) is 71.3 Å². The largest absolute Gasteiger partial charge is 0.317 e. The molecular formula is C16H31N. The maximum atomic E-state index is 3.64. The van der Waals surface area contributed by atoms with Crippen molar-refractivity contribution in [1.82, 2.24) is 5.32 Å². The zero-order valence-corrected chi connectivity index (χ0v) is 12.0. The monoisotopic (exact) mass is 237 g/mol. The molecule has 2 fully saturated rings. The van der Waals surface area contributed by atoms with E-state index in [9.17, 15) is 0 Å². The van der Waals surface area contributed by atoms with E-state index in [0.29, 0.717) is 0 Å². The lowest BCUT2D eigenvalue weighted by atomic mass is 9.72. The normalized spacial score (nSPS) is 37.2. The van der Waals surface area contributed by atoms with E-state index >= 15 is 0 Å². The second-order valence-corrected chi connectivity index (χ2v) is 6.96. The Hall–Kier alpha value is -0.0400. The second-order valence-electron chi connectivity index (χ2n) is 6.96. The van der Waals surface area contributed by atoms with Crippen LogP contribution < -0.4 is 5.32 Å². The number of hydrogen-bond acceptors (Lipinski definition) is 1. The molecule has 2 aliphatic carbocycles. The van der Waals surface area contributed by atoms with Crippen LogP contribution in [0.2, 0.25) is 0 Å². The Labute approximate surface area is 108 Å². The number of hydrogen-bond donors (Lipinski definition) is 1. The topological polar surface area (TPSA) is 12.0 Å². The maximum absolute atomic E-state index is 3.64. The van der Waals surface area contributed by atoms with Crippen molar-refractivity contribution in [3.05, 3.63) is 0 Å². The third kappa shape index (κ3) is 3.71. The van der Waals surface area contributed by atoms with Gasteiger partial charge in [0.1, 0.15) is 0 Å². The van der Waals surface area contributed by atoms with E-state index < -0.39 is 0 Å². The van der Waals surface area contributed by atoms with Crippen LogP contribution in [0.5, 0.6) is 0 Å². The van der Waals surface area contributed by atoms with E-state index in [2.05, 4.69) is 26.2 Å². The van der Waals surface area contributed by atoms with Crippen molar-refractivity contribution in [2.24, 2.45) is 23.7 Å². The molecule has 1 N–H and O–H groups in total. The highest BCUT2D eigenvalue weighted by molar-refractivity contribution is 4.85. The lowest BCUT2D eigenvalue weighted by Crippen LogP contribution is -2.39. The van der Waals surface area contributed by atoms with Crippen molar-refractivity contribution < 1.29 is 0 Å². The molecule has 1 heteroatoms. The molecule has 0 spiro atoms. The van der Waals surface area contributed by atoms with Gasteiger partial charge in [-0.05, 0) is 56.4 Å². The van der Waals surface area contributed by atoms with Gasteiger partial charge >= 0.3 is 0 Å². The molecule has 0 amide bonds. The maximum Gasteiger partial charge on any atom is 0.00951 e. The summed E-state index contributed by atoms with van der Waals surface area (Å²) in [6.07, 6.45) is 11.8. The average molecular weight is 237 g/mol. The fourth-order valence-corrected chi connectivity index (χ4v) is 4.49. The van der Waals surface area contributed by atoms with Crippen LogP contribution in [0.4, 0.5) is 0 Å². The fraction of sp³-hybridized carbons (Fsp3) is 1.00. The molecule has 3 atom stereocenters. The van der Waals surface area contributed by atoms with Crippen LogP contribution in [0, 0.1) is 23.7 Å². The summed E-state index contributed by atoms with van der Waals surface area (Å²) in [5.74, 6) is 3.87. The molecule has 0 bridgehead atoms. The highest BCUT2D eigenvalue weighted by Crippen LogP contribution is 2.38. The van der Waals surface area contributed by atoms with E-state index in [1.807, 2.05) is 0 Å². The van der Waals surface area contributed by atoms with Crippen LogP contribution in [0.1, 0.15) is 65.2 Å². The average Bonchev–Trinajstić information content (AvgIpc) is 2.77. The standard InChI is InChI=1S/C16H31N/c1-12-8-13(2)10-15(9-12)16(17-3)11-14-6-4-5-7-14/h12-17H,4-11H2,1-3H3. The summed E-state index contributed by atoms with van der Waals surface area (Å²) in [5.41, 5.74) is 0. The van der Waals surface area contributed by atoms with Gasteiger partial charge in [-0.25, -0.2) is 0 Å². The molecule has 0 heterocycles. The smallest absolute Gasteiger partial charge is 0.00951 e. The Bertz CT molecular complexity index is 210. The minimum Gasteiger partial charge on any atom is -0.317 e. The zero-order valence-electron chi connectivity index (χ0n) is 12.0. The third-order valence-corrected chi connectivity index (χ3v) is 5.22. The predicted molar refractivity (Wildman–Crippen MR) is 75.1 cm³/mol. The molecule has 2 aliphatic rings. The number of rotatable bonds is 4. The summed E-state index contributed by atoms with van der Waals surface area (Å²) in [6, 6.07) is 0.795. The van der Waals surface area contributed by atoms with Gasteiger partial charge in [-0.1, -0.05) is 39.5 Å². The van der Waals surface area contributed by atoms with E-state index in [0.717, 1.165) is 29.7 Å². The molecule has 0 aromatic heterocycles. The molecule has 17 heavy (non-hydrogen) atoms.